The number of fused-ring (bicyclic) bond motifs is 5. The van der Waals surface area contributed by atoms with Crippen molar-refractivity contribution >= 4 is 17.8 Å². The van der Waals surface area contributed by atoms with Gasteiger partial charge in [0.15, 0.2) is 5.96 Å². The van der Waals surface area contributed by atoms with Crippen molar-refractivity contribution in [2.24, 2.45) is 28.7 Å². The Hall–Kier alpha value is -1.89. The van der Waals surface area contributed by atoms with Crippen molar-refractivity contribution in [1.29, 1.82) is 0 Å². The molecule has 3 N–H and O–H groups in total. The van der Waals surface area contributed by atoms with Gasteiger partial charge in [0.1, 0.15) is 0 Å². The lowest BCUT2D eigenvalue weighted by atomic mass is 9.85. The summed E-state index contributed by atoms with van der Waals surface area (Å²) in [4.78, 5) is 31.4. The minimum Gasteiger partial charge on any atom is -0.357 e. The Bertz CT molecular complexity index is 607. The Morgan fingerprint density at radius 2 is 1.74 bits per heavy atom. The smallest absolute Gasteiger partial charge is 0.233 e. The lowest BCUT2D eigenvalue weighted by molar-refractivity contribution is -0.140. The van der Waals surface area contributed by atoms with E-state index in [1.54, 1.807) is 0 Å². The largest absolute Gasteiger partial charge is 0.357 e. The van der Waals surface area contributed by atoms with Gasteiger partial charge in [0.25, 0.3) is 0 Å². The van der Waals surface area contributed by atoms with Crippen LogP contribution in [0.5, 0.6) is 0 Å². The van der Waals surface area contributed by atoms with Crippen LogP contribution in [0.1, 0.15) is 34.1 Å². The minimum atomic E-state index is -0.113. The van der Waals surface area contributed by atoms with Crippen LogP contribution in [-0.4, -0.2) is 60.9 Å². The zero-order valence-corrected chi connectivity index (χ0v) is 16.9. The van der Waals surface area contributed by atoms with Gasteiger partial charge in [-0.15, -0.1) is 0 Å². The van der Waals surface area contributed by atoms with E-state index >= 15 is 0 Å². The molecule has 0 radical (unpaired) electrons. The molecule has 0 aromatic carbocycles. The first-order chi connectivity index (χ1) is 12.8. The SMILES string of the molecule is CCNC(=NCCNC(C)(C)C)NCCN1C(=O)C2C3C=CC(C3)C2C1=O. The third-order valence-corrected chi connectivity index (χ3v) is 5.57. The molecule has 0 aromatic rings. The first kappa shape index (κ1) is 19.9. The maximum Gasteiger partial charge on any atom is 0.233 e. The van der Waals surface area contributed by atoms with Crippen LogP contribution in [0.2, 0.25) is 0 Å². The van der Waals surface area contributed by atoms with Gasteiger partial charge in [-0.3, -0.25) is 19.5 Å². The number of rotatable bonds is 7. The van der Waals surface area contributed by atoms with Gasteiger partial charge in [-0.1, -0.05) is 12.2 Å². The fourth-order valence-electron chi connectivity index (χ4n) is 4.41. The maximum atomic E-state index is 12.7. The summed E-state index contributed by atoms with van der Waals surface area (Å²) in [6, 6.07) is 0. The molecule has 4 unspecified atom stereocenters. The monoisotopic (exact) mass is 375 g/mol. The normalized spacial score (nSPS) is 29.6. The third-order valence-electron chi connectivity index (χ3n) is 5.57. The number of carbonyl (C=O) groups excluding carboxylic acids is 2. The minimum absolute atomic E-state index is 0.0139. The van der Waals surface area contributed by atoms with E-state index in [9.17, 15) is 9.59 Å². The molecule has 3 aliphatic rings. The molecule has 2 amide bonds. The average Bonchev–Trinajstić information content (AvgIpc) is 3.27. The molecule has 0 spiro atoms. The number of nitrogens with zero attached hydrogens (tertiary/aromatic N) is 2. The van der Waals surface area contributed by atoms with E-state index in [1.807, 2.05) is 6.92 Å². The second-order valence-electron chi connectivity index (χ2n) is 8.69. The predicted octanol–water partition coefficient (Wildman–Crippen LogP) is 0.737. The van der Waals surface area contributed by atoms with Crippen LogP contribution >= 0.6 is 0 Å². The lowest BCUT2D eigenvalue weighted by Gasteiger charge is -2.20. The van der Waals surface area contributed by atoms with Gasteiger partial charge in [0, 0.05) is 31.7 Å². The third kappa shape index (κ3) is 4.34. The Kier molecular flexibility index (Phi) is 5.89. The fraction of sp³-hybridized carbons (Fsp3) is 0.750. The van der Waals surface area contributed by atoms with E-state index < -0.39 is 0 Å². The maximum absolute atomic E-state index is 12.7. The second kappa shape index (κ2) is 8.00. The number of likely N-dealkylation sites (tertiary alicyclic amines) is 1. The molecule has 0 aromatic heterocycles. The summed E-state index contributed by atoms with van der Waals surface area (Å²) in [6.07, 6.45) is 5.22. The summed E-state index contributed by atoms with van der Waals surface area (Å²) < 4.78 is 0. The number of allylic oxidation sites excluding steroid dienone is 2. The van der Waals surface area contributed by atoms with Crippen LogP contribution < -0.4 is 16.0 Å². The number of aliphatic imine (C=N–C) groups is 1. The van der Waals surface area contributed by atoms with Gasteiger partial charge in [-0.05, 0) is 46.0 Å². The number of imide groups is 1. The van der Waals surface area contributed by atoms with Gasteiger partial charge in [-0.2, -0.15) is 0 Å². The van der Waals surface area contributed by atoms with Crippen LogP contribution in [0.3, 0.4) is 0 Å². The van der Waals surface area contributed by atoms with E-state index in [2.05, 4.69) is 53.9 Å². The molecule has 2 fully saturated rings. The Morgan fingerprint density at radius 1 is 1.11 bits per heavy atom. The highest BCUT2D eigenvalue weighted by Gasteiger charge is 2.58. The van der Waals surface area contributed by atoms with Crippen molar-refractivity contribution < 1.29 is 9.59 Å². The standard InChI is InChI=1S/C20H33N5O2/c1-5-21-19(22-8-9-24-20(2,3)4)23-10-11-25-17(26)15-13-6-7-14(12-13)16(15)18(25)27/h6-7,13-16,24H,5,8-12H2,1-4H3,(H2,21,22,23). The van der Waals surface area contributed by atoms with Crippen molar-refractivity contribution in [3.63, 3.8) is 0 Å². The van der Waals surface area contributed by atoms with E-state index in [4.69, 9.17) is 0 Å². The molecule has 1 saturated heterocycles. The van der Waals surface area contributed by atoms with Gasteiger partial charge in [0.2, 0.25) is 11.8 Å². The number of hydrogen-bond donors (Lipinski definition) is 3. The number of guanidine groups is 1. The van der Waals surface area contributed by atoms with Crippen LogP contribution in [0.25, 0.3) is 0 Å². The molecule has 1 saturated carbocycles. The lowest BCUT2D eigenvalue weighted by Crippen LogP contribution is -2.44. The summed E-state index contributed by atoms with van der Waals surface area (Å²) in [5.41, 5.74) is 0.0735. The van der Waals surface area contributed by atoms with Gasteiger partial charge in [0.05, 0.1) is 18.4 Å². The molecule has 7 heteroatoms. The van der Waals surface area contributed by atoms with E-state index in [0.717, 1.165) is 19.5 Å². The number of nitrogens with one attached hydrogen (secondary N) is 3. The molecule has 1 heterocycles. The molecule has 2 aliphatic carbocycles. The zero-order chi connectivity index (χ0) is 19.6. The molecule has 2 bridgehead atoms. The number of amides is 2. The zero-order valence-electron chi connectivity index (χ0n) is 16.9. The van der Waals surface area contributed by atoms with E-state index in [-0.39, 0.29) is 41.0 Å². The highest BCUT2D eigenvalue weighted by Crippen LogP contribution is 2.52. The molecular weight excluding hydrogens is 342 g/mol. The first-order valence-electron chi connectivity index (χ1n) is 10.1. The van der Waals surface area contributed by atoms with Crippen molar-refractivity contribution in [1.82, 2.24) is 20.9 Å². The molecule has 27 heavy (non-hydrogen) atoms. The molecule has 1 aliphatic heterocycles. The summed E-state index contributed by atoms with van der Waals surface area (Å²) in [7, 11) is 0. The molecular formula is C20H33N5O2. The topological polar surface area (TPSA) is 85.8 Å². The summed E-state index contributed by atoms with van der Waals surface area (Å²) >= 11 is 0. The summed E-state index contributed by atoms with van der Waals surface area (Å²) in [5.74, 6) is 1.05. The Labute approximate surface area is 162 Å². The fourth-order valence-corrected chi connectivity index (χ4v) is 4.41. The number of hydrogen-bond acceptors (Lipinski definition) is 4. The summed E-state index contributed by atoms with van der Waals surface area (Å²) in [5, 5.41) is 9.85. The highest BCUT2D eigenvalue weighted by atomic mass is 16.2. The highest BCUT2D eigenvalue weighted by molar-refractivity contribution is 6.06. The predicted molar refractivity (Wildman–Crippen MR) is 106 cm³/mol. The average molecular weight is 376 g/mol. The molecule has 4 atom stereocenters. The van der Waals surface area contributed by atoms with E-state index in [1.165, 1.54) is 4.90 Å². The Balaban J connectivity index is 1.47. The number of carbonyl (C=O) groups is 2. The van der Waals surface area contributed by atoms with Gasteiger partial charge in [-0.25, -0.2) is 0 Å². The van der Waals surface area contributed by atoms with Crippen LogP contribution in [0.15, 0.2) is 17.1 Å². The second-order valence-corrected chi connectivity index (χ2v) is 8.69. The van der Waals surface area contributed by atoms with Gasteiger partial charge < -0.3 is 16.0 Å². The molecule has 150 valence electrons. The van der Waals surface area contributed by atoms with Crippen LogP contribution in [-0.2, 0) is 9.59 Å². The van der Waals surface area contributed by atoms with Crippen LogP contribution in [0, 0.1) is 23.7 Å². The quantitative estimate of drug-likeness (QED) is 0.201. The van der Waals surface area contributed by atoms with E-state index in [0.29, 0.717) is 25.6 Å². The Morgan fingerprint density at radius 3 is 2.30 bits per heavy atom. The van der Waals surface area contributed by atoms with Crippen molar-refractivity contribution in [2.75, 3.05) is 32.7 Å². The summed E-state index contributed by atoms with van der Waals surface area (Å²) in [6.45, 7) is 11.5. The molecule has 3 rings (SSSR count). The van der Waals surface area contributed by atoms with Crippen molar-refractivity contribution in [2.45, 2.75) is 39.7 Å². The molecule has 7 nitrogen and oxygen atoms in total. The first-order valence-corrected chi connectivity index (χ1v) is 10.1. The van der Waals surface area contributed by atoms with Crippen molar-refractivity contribution in [3.05, 3.63) is 12.2 Å². The van der Waals surface area contributed by atoms with Crippen LogP contribution in [0.4, 0.5) is 0 Å². The van der Waals surface area contributed by atoms with Gasteiger partial charge >= 0.3 is 0 Å². The van der Waals surface area contributed by atoms with Crippen molar-refractivity contribution in [3.8, 4) is 0 Å².